The van der Waals surface area contributed by atoms with Crippen LogP contribution >= 0.6 is 0 Å². The zero-order chi connectivity index (χ0) is 17.6. The van der Waals surface area contributed by atoms with Crippen LogP contribution in [0, 0.1) is 5.92 Å². The van der Waals surface area contributed by atoms with Crippen LogP contribution in [0.2, 0.25) is 0 Å². The molecule has 0 bridgehead atoms. The molecule has 0 radical (unpaired) electrons. The lowest BCUT2D eigenvalue weighted by Gasteiger charge is -2.39. The van der Waals surface area contributed by atoms with Crippen molar-refractivity contribution in [2.24, 2.45) is 5.92 Å². The Hall–Kier alpha value is -1.82. The van der Waals surface area contributed by atoms with Crippen LogP contribution in [-0.4, -0.2) is 76.9 Å². The molecular formula is C19H30N4O2. The first kappa shape index (κ1) is 18.0. The molecule has 1 atom stereocenters. The molecular weight excluding hydrogens is 316 g/mol. The number of carbonyl (C=O) groups excluding carboxylic acids is 2. The van der Waals surface area contributed by atoms with Crippen LogP contribution in [0.25, 0.3) is 0 Å². The molecule has 0 saturated carbocycles. The molecule has 0 aliphatic carbocycles. The van der Waals surface area contributed by atoms with Crippen LogP contribution in [0.4, 0.5) is 0 Å². The Labute approximate surface area is 150 Å². The minimum atomic E-state index is -0.00401. The predicted molar refractivity (Wildman–Crippen MR) is 97.0 cm³/mol. The quantitative estimate of drug-likeness (QED) is 0.807. The monoisotopic (exact) mass is 346 g/mol. The Morgan fingerprint density at radius 3 is 2.36 bits per heavy atom. The summed E-state index contributed by atoms with van der Waals surface area (Å²) in [6.07, 6.45) is 6.57. The topological polar surface area (TPSA) is 48.8 Å². The minimum absolute atomic E-state index is 0.00401. The van der Waals surface area contributed by atoms with Gasteiger partial charge in [0.05, 0.1) is 5.92 Å². The predicted octanol–water partition coefficient (Wildman–Crippen LogP) is 1.28. The summed E-state index contributed by atoms with van der Waals surface area (Å²) in [5.41, 5.74) is 0. The highest BCUT2D eigenvalue weighted by Gasteiger charge is 2.32. The fraction of sp³-hybridized carbons (Fsp3) is 0.684. The molecule has 2 amide bonds. The average Bonchev–Trinajstić information content (AvgIpc) is 3.19. The van der Waals surface area contributed by atoms with Gasteiger partial charge < -0.3 is 14.4 Å². The van der Waals surface area contributed by atoms with E-state index in [4.69, 9.17) is 0 Å². The van der Waals surface area contributed by atoms with Crippen LogP contribution in [0.1, 0.15) is 26.2 Å². The summed E-state index contributed by atoms with van der Waals surface area (Å²) in [6, 6.07) is 4.10. The molecule has 0 unspecified atom stereocenters. The highest BCUT2D eigenvalue weighted by molar-refractivity contribution is 5.81. The molecule has 138 valence electrons. The highest BCUT2D eigenvalue weighted by Crippen LogP contribution is 2.20. The highest BCUT2D eigenvalue weighted by atomic mass is 16.2. The molecule has 2 aliphatic rings. The van der Waals surface area contributed by atoms with Crippen molar-refractivity contribution < 1.29 is 9.59 Å². The number of amides is 2. The lowest BCUT2D eigenvalue weighted by Crippen LogP contribution is -2.53. The molecule has 1 aromatic rings. The van der Waals surface area contributed by atoms with Gasteiger partial charge in [-0.25, -0.2) is 0 Å². The maximum Gasteiger partial charge on any atom is 0.227 e. The lowest BCUT2D eigenvalue weighted by molar-refractivity contribution is -0.142. The van der Waals surface area contributed by atoms with E-state index in [1.165, 1.54) is 0 Å². The Balaban J connectivity index is 1.44. The van der Waals surface area contributed by atoms with E-state index in [0.29, 0.717) is 13.0 Å². The molecule has 0 N–H and O–H groups in total. The van der Waals surface area contributed by atoms with Crippen molar-refractivity contribution in [3.63, 3.8) is 0 Å². The van der Waals surface area contributed by atoms with E-state index in [9.17, 15) is 9.59 Å². The second-order valence-electron chi connectivity index (χ2n) is 7.12. The molecule has 2 aliphatic heterocycles. The van der Waals surface area contributed by atoms with Crippen molar-refractivity contribution in [1.82, 2.24) is 19.3 Å². The van der Waals surface area contributed by atoms with E-state index in [-0.39, 0.29) is 17.7 Å². The van der Waals surface area contributed by atoms with Crippen LogP contribution < -0.4 is 0 Å². The molecule has 2 fully saturated rings. The number of piperidine rings is 1. The van der Waals surface area contributed by atoms with Crippen molar-refractivity contribution in [2.45, 2.75) is 32.7 Å². The van der Waals surface area contributed by atoms with Crippen LogP contribution in [0.5, 0.6) is 0 Å². The summed E-state index contributed by atoms with van der Waals surface area (Å²) in [4.78, 5) is 31.1. The molecule has 3 heterocycles. The van der Waals surface area contributed by atoms with Crippen molar-refractivity contribution in [3.8, 4) is 0 Å². The SMILES string of the molecule is CCC(=O)N1CCC[C@@H](C(=O)N2CCN(CCn3cccc3)CC2)C1. The van der Waals surface area contributed by atoms with Crippen molar-refractivity contribution in [1.29, 1.82) is 0 Å². The number of hydrogen-bond acceptors (Lipinski definition) is 3. The first-order valence-corrected chi connectivity index (χ1v) is 9.57. The van der Waals surface area contributed by atoms with Gasteiger partial charge in [-0.1, -0.05) is 6.92 Å². The second-order valence-corrected chi connectivity index (χ2v) is 7.12. The summed E-state index contributed by atoms with van der Waals surface area (Å²) in [6.45, 7) is 8.83. The minimum Gasteiger partial charge on any atom is -0.353 e. The first-order valence-electron chi connectivity index (χ1n) is 9.57. The van der Waals surface area contributed by atoms with Gasteiger partial charge in [-0.3, -0.25) is 14.5 Å². The zero-order valence-electron chi connectivity index (χ0n) is 15.3. The Morgan fingerprint density at radius 2 is 1.68 bits per heavy atom. The molecule has 0 spiro atoms. The van der Waals surface area contributed by atoms with Gasteiger partial charge in [0.1, 0.15) is 0 Å². The number of aromatic nitrogens is 1. The van der Waals surface area contributed by atoms with Gasteiger partial charge >= 0.3 is 0 Å². The molecule has 25 heavy (non-hydrogen) atoms. The second kappa shape index (κ2) is 8.52. The Kier molecular flexibility index (Phi) is 6.13. The zero-order valence-corrected chi connectivity index (χ0v) is 15.3. The van der Waals surface area contributed by atoms with Gasteiger partial charge in [-0.15, -0.1) is 0 Å². The first-order chi connectivity index (χ1) is 12.2. The third-order valence-corrected chi connectivity index (χ3v) is 5.45. The maximum absolute atomic E-state index is 12.8. The van der Waals surface area contributed by atoms with Crippen LogP contribution in [0.15, 0.2) is 24.5 Å². The van der Waals surface area contributed by atoms with Crippen molar-refractivity contribution in [3.05, 3.63) is 24.5 Å². The lowest BCUT2D eigenvalue weighted by atomic mass is 9.96. The number of nitrogens with zero attached hydrogens (tertiary/aromatic N) is 4. The van der Waals surface area contributed by atoms with E-state index in [1.54, 1.807) is 0 Å². The number of hydrogen-bond donors (Lipinski definition) is 0. The third kappa shape index (κ3) is 4.63. The summed E-state index contributed by atoms with van der Waals surface area (Å²) in [7, 11) is 0. The summed E-state index contributed by atoms with van der Waals surface area (Å²) >= 11 is 0. The average molecular weight is 346 g/mol. The summed E-state index contributed by atoms with van der Waals surface area (Å²) in [5.74, 6) is 0.418. The van der Waals surface area contributed by atoms with Crippen LogP contribution in [-0.2, 0) is 16.1 Å². The third-order valence-electron chi connectivity index (χ3n) is 5.45. The number of carbonyl (C=O) groups is 2. The summed E-state index contributed by atoms with van der Waals surface area (Å²) < 4.78 is 2.19. The smallest absolute Gasteiger partial charge is 0.227 e. The molecule has 6 heteroatoms. The van der Waals surface area contributed by atoms with Gasteiger partial charge in [0, 0.05) is 71.2 Å². The number of likely N-dealkylation sites (tertiary alicyclic amines) is 1. The Bertz CT molecular complexity index is 564. The van der Waals surface area contributed by atoms with E-state index >= 15 is 0 Å². The van der Waals surface area contributed by atoms with Crippen molar-refractivity contribution >= 4 is 11.8 Å². The van der Waals surface area contributed by atoms with E-state index in [1.807, 2.05) is 28.9 Å². The van der Waals surface area contributed by atoms with E-state index in [2.05, 4.69) is 21.9 Å². The van der Waals surface area contributed by atoms with E-state index in [0.717, 1.165) is 58.7 Å². The molecule has 2 saturated heterocycles. The van der Waals surface area contributed by atoms with Gasteiger partial charge in [-0.2, -0.15) is 0 Å². The van der Waals surface area contributed by atoms with Gasteiger partial charge in [0.15, 0.2) is 0 Å². The fourth-order valence-electron chi connectivity index (χ4n) is 3.86. The molecule has 3 rings (SSSR count). The van der Waals surface area contributed by atoms with E-state index < -0.39 is 0 Å². The van der Waals surface area contributed by atoms with Crippen molar-refractivity contribution in [2.75, 3.05) is 45.8 Å². The normalized spacial score (nSPS) is 22.2. The Morgan fingerprint density at radius 1 is 0.960 bits per heavy atom. The van der Waals surface area contributed by atoms with Crippen LogP contribution in [0.3, 0.4) is 0 Å². The molecule has 6 nitrogen and oxygen atoms in total. The molecule has 1 aromatic heterocycles. The standard InChI is InChI=1S/C19H30N4O2/c1-2-18(24)23-9-5-6-17(16-23)19(25)22-14-12-21(13-15-22)11-10-20-7-3-4-8-20/h3-4,7-8,17H,2,5-6,9-16H2,1H3/t17-/m1/s1. The van der Waals surface area contributed by atoms with Gasteiger partial charge in [0.2, 0.25) is 11.8 Å². The summed E-state index contributed by atoms with van der Waals surface area (Å²) in [5, 5.41) is 0. The van der Waals surface area contributed by atoms with Gasteiger partial charge in [0.25, 0.3) is 0 Å². The van der Waals surface area contributed by atoms with Gasteiger partial charge in [-0.05, 0) is 25.0 Å². The maximum atomic E-state index is 12.8. The fourth-order valence-corrected chi connectivity index (χ4v) is 3.86. The molecule has 0 aromatic carbocycles. The number of rotatable bonds is 5. The number of piperazine rings is 1. The largest absolute Gasteiger partial charge is 0.353 e.